The van der Waals surface area contributed by atoms with Crippen LogP contribution in [0.15, 0.2) is 85.1 Å². The molecule has 0 aromatic heterocycles. The summed E-state index contributed by atoms with van der Waals surface area (Å²) in [6.07, 6.45) is 62.9. The average Bonchev–Trinajstić information content (AvgIpc) is 3.31. The first kappa shape index (κ1) is 66.2. The van der Waals surface area contributed by atoms with Crippen LogP contribution in [0, 0.1) is 0 Å². The third-order valence-corrected chi connectivity index (χ3v) is 12.8. The monoisotopic (exact) mass is 986 g/mol. The molecule has 0 heterocycles. The van der Waals surface area contributed by atoms with Gasteiger partial charge in [-0.1, -0.05) is 202 Å². The highest BCUT2D eigenvalue weighted by Gasteiger charge is 2.30. The van der Waals surface area contributed by atoms with Crippen molar-refractivity contribution < 1.29 is 37.3 Å². The molecule has 2 N–H and O–H groups in total. The Hall–Kier alpha value is -2.81. The highest BCUT2D eigenvalue weighted by Crippen LogP contribution is 2.43. The Morgan fingerprint density at radius 2 is 0.942 bits per heavy atom. The minimum Gasteiger partial charge on any atom is -0.456 e. The van der Waals surface area contributed by atoms with Gasteiger partial charge in [0.1, 0.15) is 19.3 Å². The zero-order valence-corrected chi connectivity index (χ0v) is 46.2. The van der Waals surface area contributed by atoms with Gasteiger partial charge in [-0.15, -0.1) is 0 Å². The summed E-state index contributed by atoms with van der Waals surface area (Å²) in [5, 5.41) is 3.02. The van der Waals surface area contributed by atoms with E-state index in [9.17, 15) is 19.0 Å². The van der Waals surface area contributed by atoms with E-state index in [1.54, 1.807) is 0 Å². The third kappa shape index (κ3) is 49.9. The number of carbonyl (C=O) groups excluding carboxylic acids is 2. The Morgan fingerprint density at radius 3 is 1.46 bits per heavy atom. The van der Waals surface area contributed by atoms with E-state index in [0.717, 1.165) is 96.3 Å². The van der Waals surface area contributed by atoms with Gasteiger partial charge in [0.2, 0.25) is 5.91 Å². The molecule has 0 bridgehead atoms. The molecule has 3 unspecified atom stereocenters. The second-order valence-electron chi connectivity index (χ2n) is 19.8. The van der Waals surface area contributed by atoms with Gasteiger partial charge in [0.05, 0.1) is 33.8 Å². The number of ether oxygens (including phenoxy) is 1. The molecule has 398 valence electrons. The van der Waals surface area contributed by atoms with Crippen LogP contribution in [0.2, 0.25) is 0 Å². The van der Waals surface area contributed by atoms with E-state index < -0.39 is 20.0 Å². The van der Waals surface area contributed by atoms with Crippen LogP contribution in [-0.2, 0) is 27.9 Å². The van der Waals surface area contributed by atoms with Crippen LogP contribution in [0.5, 0.6) is 0 Å². The lowest BCUT2D eigenvalue weighted by atomic mass is 10.1. The van der Waals surface area contributed by atoms with Crippen molar-refractivity contribution in [1.82, 2.24) is 5.32 Å². The van der Waals surface area contributed by atoms with Crippen LogP contribution in [-0.4, -0.2) is 74.3 Å². The molecule has 9 nitrogen and oxygen atoms in total. The number of quaternary nitrogens is 1. The molecule has 0 spiro atoms. The van der Waals surface area contributed by atoms with Crippen LogP contribution in [0.4, 0.5) is 0 Å². The fourth-order valence-corrected chi connectivity index (χ4v) is 8.19. The molecular formula is C59H106N2O7P+. The van der Waals surface area contributed by atoms with Gasteiger partial charge in [0, 0.05) is 12.8 Å². The van der Waals surface area contributed by atoms with Gasteiger partial charge in [-0.3, -0.25) is 18.6 Å². The number of hydrogen-bond acceptors (Lipinski definition) is 6. The van der Waals surface area contributed by atoms with Crippen LogP contribution in [0.3, 0.4) is 0 Å². The third-order valence-electron chi connectivity index (χ3n) is 11.8. The lowest BCUT2D eigenvalue weighted by molar-refractivity contribution is -0.870. The summed E-state index contributed by atoms with van der Waals surface area (Å²) in [6.45, 7) is 6.88. The molecule has 69 heavy (non-hydrogen) atoms. The number of likely N-dealkylation sites (N-methyl/N-ethyl adjacent to an activating group) is 1. The fourth-order valence-electron chi connectivity index (χ4n) is 7.45. The summed E-state index contributed by atoms with van der Waals surface area (Å²) in [7, 11) is 1.45. The second kappa shape index (κ2) is 48.8. The van der Waals surface area contributed by atoms with Crippen LogP contribution < -0.4 is 5.32 Å². The molecule has 0 aliphatic rings. The maximum absolute atomic E-state index is 13.5. The van der Waals surface area contributed by atoms with Gasteiger partial charge in [-0.25, -0.2) is 4.57 Å². The summed E-state index contributed by atoms with van der Waals surface area (Å²) in [5.41, 5.74) is 0. The molecule has 1 amide bonds. The molecule has 0 rings (SSSR count). The summed E-state index contributed by atoms with van der Waals surface area (Å²) < 4.78 is 30.5. The number of nitrogens with one attached hydrogen (secondary N) is 1. The first-order valence-electron chi connectivity index (χ1n) is 27.9. The van der Waals surface area contributed by atoms with E-state index in [4.69, 9.17) is 13.8 Å². The first-order chi connectivity index (χ1) is 33.4. The van der Waals surface area contributed by atoms with Gasteiger partial charge in [0.25, 0.3) is 0 Å². The minimum absolute atomic E-state index is 0.0258. The standard InChI is InChI=1S/C59H105N2O7P/c1-7-10-13-16-19-22-25-27-29-30-32-34-37-40-43-46-49-52-59(63)68-57(50-47-44-41-38-35-24-21-18-15-12-9-3)56(55-67-69(64,65)66-54-53-61(4,5)6)60-58(62)51-48-45-42-39-36-33-31-28-26-23-20-17-14-11-8-2/h19-20,22-23,26-29,32,34,40,43,47,50,56-57H,7-18,21,24-25,30-31,33,35-39,41-42,44-46,48-49,51-55H2,1-6H3,(H-,60,62,64,65)/p+1/b22-19-,23-20+,28-26+,29-27-,34-32-,43-40-,50-47+. The number of carbonyl (C=O) groups is 2. The Morgan fingerprint density at radius 1 is 0.522 bits per heavy atom. The van der Waals surface area contributed by atoms with Gasteiger partial charge in [0.15, 0.2) is 0 Å². The van der Waals surface area contributed by atoms with Crippen molar-refractivity contribution in [3.05, 3.63) is 85.1 Å². The van der Waals surface area contributed by atoms with Crippen molar-refractivity contribution in [2.24, 2.45) is 0 Å². The zero-order valence-electron chi connectivity index (χ0n) is 45.3. The van der Waals surface area contributed by atoms with E-state index >= 15 is 0 Å². The number of rotatable bonds is 49. The average molecular weight is 986 g/mol. The summed E-state index contributed by atoms with van der Waals surface area (Å²) in [4.78, 5) is 37.5. The fraction of sp³-hybridized carbons (Fsp3) is 0.729. The van der Waals surface area contributed by atoms with Crippen molar-refractivity contribution >= 4 is 19.7 Å². The molecule has 0 aliphatic carbocycles. The number of allylic oxidation sites excluding steroid dienone is 13. The number of phosphoric ester groups is 1. The number of phosphoric acid groups is 1. The van der Waals surface area contributed by atoms with Crippen molar-refractivity contribution in [3.63, 3.8) is 0 Å². The normalized spacial score (nSPS) is 14.5. The number of amides is 1. The predicted molar refractivity (Wildman–Crippen MR) is 295 cm³/mol. The molecule has 0 saturated heterocycles. The smallest absolute Gasteiger partial charge is 0.456 e. The Labute approximate surface area is 425 Å². The second-order valence-corrected chi connectivity index (χ2v) is 21.2. The number of nitrogens with zero attached hydrogens (tertiary/aromatic N) is 1. The SMILES string of the molecule is CCCCC/C=C\C/C=C\C/C=C\C/C=C\CCCC(=O)OC(/C=C/CCCCCCCCCCC)C(COP(=O)(O)OCC[N+](C)(C)C)NC(=O)CCCCCCCC/C=C/C=C/CCCCC. The Kier molecular flexibility index (Phi) is 46.8. The van der Waals surface area contributed by atoms with Crippen LogP contribution in [0.1, 0.15) is 226 Å². The number of esters is 1. The van der Waals surface area contributed by atoms with Gasteiger partial charge >= 0.3 is 13.8 Å². The molecule has 0 aliphatic heterocycles. The Balaban J connectivity index is 5.47. The van der Waals surface area contributed by atoms with E-state index in [1.165, 1.54) is 89.9 Å². The predicted octanol–water partition coefficient (Wildman–Crippen LogP) is 16.7. The molecule has 0 saturated carbocycles. The van der Waals surface area contributed by atoms with E-state index in [0.29, 0.717) is 23.9 Å². The van der Waals surface area contributed by atoms with Crippen molar-refractivity contribution in [2.75, 3.05) is 40.9 Å². The molecule has 0 aromatic carbocycles. The molecule has 10 heteroatoms. The topological polar surface area (TPSA) is 111 Å². The van der Waals surface area contributed by atoms with Gasteiger partial charge in [-0.2, -0.15) is 0 Å². The summed E-state index contributed by atoms with van der Waals surface area (Å²) >= 11 is 0. The van der Waals surface area contributed by atoms with Gasteiger partial charge in [-0.05, 0) is 96.0 Å². The lowest BCUT2D eigenvalue weighted by Crippen LogP contribution is -2.47. The van der Waals surface area contributed by atoms with Crippen LogP contribution in [0.25, 0.3) is 0 Å². The highest BCUT2D eigenvalue weighted by atomic mass is 31.2. The van der Waals surface area contributed by atoms with E-state index in [1.807, 2.05) is 33.3 Å². The molecular weight excluding hydrogens is 880 g/mol. The van der Waals surface area contributed by atoms with Crippen molar-refractivity contribution in [1.29, 1.82) is 0 Å². The highest BCUT2D eigenvalue weighted by molar-refractivity contribution is 7.47. The lowest BCUT2D eigenvalue weighted by Gasteiger charge is -2.27. The molecule has 0 fully saturated rings. The number of hydrogen-bond donors (Lipinski definition) is 2. The molecule has 3 atom stereocenters. The maximum atomic E-state index is 13.5. The Bertz CT molecular complexity index is 1460. The summed E-state index contributed by atoms with van der Waals surface area (Å²) in [6, 6.07) is -0.879. The number of unbranched alkanes of at least 4 members (excludes halogenated alkanes) is 22. The molecule has 0 aromatic rings. The van der Waals surface area contributed by atoms with Crippen molar-refractivity contribution in [2.45, 2.75) is 238 Å². The van der Waals surface area contributed by atoms with Crippen molar-refractivity contribution in [3.8, 4) is 0 Å². The largest absolute Gasteiger partial charge is 0.472 e. The zero-order chi connectivity index (χ0) is 50.8. The van der Waals surface area contributed by atoms with Gasteiger partial charge < -0.3 is 19.4 Å². The maximum Gasteiger partial charge on any atom is 0.472 e. The van der Waals surface area contributed by atoms with E-state index in [2.05, 4.69) is 99.0 Å². The minimum atomic E-state index is -4.46. The summed E-state index contributed by atoms with van der Waals surface area (Å²) in [5.74, 6) is -0.590. The quantitative estimate of drug-likeness (QED) is 0.0156. The van der Waals surface area contributed by atoms with E-state index in [-0.39, 0.29) is 31.5 Å². The first-order valence-corrected chi connectivity index (χ1v) is 29.4. The molecule has 0 radical (unpaired) electrons. The van der Waals surface area contributed by atoms with Crippen LogP contribution >= 0.6 is 7.82 Å².